The molecule has 3 N–H and O–H groups in total. The van der Waals surface area contributed by atoms with Crippen molar-refractivity contribution < 1.29 is 9.59 Å². The Labute approximate surface area is 148 Å². The van der Waals surface area contributed by atoms with Crippen molar-refractivity contribution in [3.63, 3.8) is 0 Å². The van der Waals surface area contributed by atoms with Crippen LogP contribution in [0.15, 0.2) is 47.0 Å². The van der Waals surface area contributed by atoms with Crippen molar-refractivity contribution >= 4 is 40.6 Å². The van der Waals surface area contributed by atoms with Crippen LogP contribution in [-0.2, 0) is 4.79 Å². The SMILES string of the molecule is CC1=C(C(=O)Nc2cc(Cl)ccc2C)[C@@H](c2cccs2)NC(=O)N1. The van der Waals surface area contributed by atoms with E-state index in [2.05, 4.69) is 16.0 Å². The van der Waals surface area contributed by atoms with Gasteiger partial charge in [-0.1, -0.05) is 23.7 Å². The molecule has 0 fully saturated rings. The number of allylic oxidation sites excluding steroid dienone is 1. The summed E-state index contributed by atoms with van der Waals surface area (Å²) >= 11 is 7.50. The van der Waals surface area contributed by atoms with Gasteiger partial charge in [0, 0.05) is 21.3 Å². The Morgan fingerprint density at radius 1 is 1.29 bits per heavy atom. The number of aryl methyl sites for hydroxylation is 1. The van der Waals surface area contributed by atoms with Crippen molar-refractivity contribution in [2.24, 2.45) is 0 Å². The van der Waals surface area contributed by atoms with Crippen LogP contribution in [0.2, 0.25) is 5.02 Å². The molecule has 1 aromatic carbocycles. The van der Waals surface area contributed by atoms with Crippen molar-refractivity contribution in [2.45, 2.75) is 19.9 Å². The first-order valence-corrected chi connectivity index (χ1v) is 8.60. The summed E-state index contributed by atoms with van der Waals surface area (Å²) in [6, 6.07) is 8.32. The second-order valence-corrected chi connectivity index (χ2v) is 6.91. The van der Waals surface area contributed by atoms with Crippen LogP contribution in [0.4, 0.5) is 10.5 Å². The zero-order valence-electron chi connectivity index (χ0n) is 13.1. The highest BCUT2D eigenvalue weighted by atomic mass is 35.5. The van der Waals surface area contributed by atoms with Gasteiger partial charge in [0.25, 0.3) is 5.91 Å². The van der Waals surface area contributed by atoms with Crippen molar-refractivity contribution in [1.82, 2.24) is 10.6 Å². The molecule has 0 saturated carbocycles. The van der Waals surface area contributed by atoms with Gasteiger partial charge in [0.05, 0.1) is 11.6 Å². The lowest BCUT2D eigenvalue weighted by Crippen LogP contribution is -2.45. The monoisotopic (exact) mass is 361 g/mol. The van der Waals surface area contributed by atoms with E-state index < -0.39 is 6.04 Å². The third kappa shape index (κ3) is 3.29. The minimum Gasteiger partial charge on any atom is -0.326 e. The molecule has 0 unspecified atom stereocenters. The number of carbonyl (C=O) groups excluding carboxylic acids is 2. The third-order valence-electron chi connectivity index (χ3n) is 3.79. The van der Waals surface area contributed by atoms with Gasteiger partial charge in [-0.05, 0) is 43.0 Å². The van der Waals surface area contributed by atoms with Crippen LogP contribution in [-0.4, -0.2) is 11.9 Å². The number of benzene rings is 1. The Bertz CT molecular complexity index is 830. The molecule has 0 aliphatic carbocycles. The molecule has 2 aromatic rings. The van der Waals surface area contributed by atoms with E-state index in [0.29, 0.717) is 22.0 Å². The highest BCUT2D eigenvalue weighted by Crippen LogP contribution is 2.31. The fourth-order valence-electron chi connectivity index (χ4n) is 2.58. The van der Waals surface area contributed by atoms with Crippen LogP contribution in [0.25, 0.3) is 0 Å². The summed E-state index contributed by atoms with van der Waals surface area (Å²) in [4.78, 5) is 25.6. The number of hydrogen-bond donors (Lipinski definition) is 3. The molecule has 5 nitrogen and oxygen atoms in total. The summed E-state index contributed by atoms with van der Waals surface area (Å²) in [6.45, 7) is 3.61. The zero-order valence-corrected chi connectivity index (χ0v) is 14.7. The van der Waals surface area contributed by atoms with Crippen molar-refractivity contribution in [1.29, 1.82) is 0 Å². The van der Waals surface area contributed by atoms with Crippen LogP contribution in [0.1, 0.15) is 23.4 Å². The number of anilines is 1. The molecule has 1 aliphatic heterocycles. The van der Waals surface area contributed by atoms with Crippen molar-refractivity contribution in [3.8, 4) is 0 Å². The number of rotatable bonds is 3. The summed E-state index contributed by atoms with van der Waals surface area (Å²) in [5.74, 6) is -0.274. The molecule has 0 saturated heterocycles. The van der Waals surface area contributed by atoms with Gasteiger partial charge in [-0.3, -0.25) is 4.79 Å². The topological polar surface area (TPSA) is 70.2 Å². The van der Waals surface area contributed by atoms with E-state index in [1.165, 1.54) is 11.3 Å². The van der Waals surface area contributed by atoms with E-state index in [1.54, 1.807) is 19.1 Å². The van der Waals surface area contributed by atoms with Crippen molar-refractivity contribution in [2.75, 3.05) is 5.32 Å². The molecule has 0 bridgehead atoms. The number of carbonyl (C=O) groups is 2. The van der Waals surface area contributed by atoms with Gasteiger partial charge >= 0.3 is 6.03 Å². The van der Waals surface area contributed by atoms with Gasteiger partial charge in [0.2, 0.25) is 0 Å². The first kappa shape index (κ1) is 16.5. The molecule has 0 radical (unpaired) electrons. The van der Waals surface area contributed by atoms with E-state index >= 15 is 0 Å². The van der Waals surface area contributed by atoms with Gasteiger partial charge < -0.3 is 16.0 Å². The quantitative estimate of drug-likeness (QED) is 0.774. The standard InChI is InChI=1S/C17H16ClN3O2S/c1-9-5-6-11(18)8-12(9)20-16(22)14-10(2)19-17(23)21-15(14)13-4-3-7-24-13/h3-8,15H,1-2H3,(H,20,22)(H2,19,21,23)/t15-/m1/s1. The average molecular weight is 362 g/mol. The normalized spacial score (nSPS) is 17.3. The molecule has 24 heavy (non-hydrogen) atoms. The molecule has 7 heteroatoms. The second kappa shape index (κ2) is 6.67. The molecule has 0 spiro atoms. The van der Waals surface area contributed by atoms with E-state index in [0.717, 1.165) is 10.4 Å². The van der Waals surface area contributed by atoms with E-state index in [4.69, 9.17) is 11.6 Å². The summed E-state index contributed by atoms with van der Waals surface area (Å²) in [7, 11) is 0. The fourth-order valence-corrected chi connectivity index (χ4v) is 3.54. The lowest BCUT2D eigenvalue weighted by Gasteiger charge is -2.27. The largest absolute Gasteiger partial charge is 0.326 e. The molecule has 1 aromatic heterocycles. The molecule has 1 aliphatic rings. The minimum absolute atomic E-state index is 0.274. The first-order chi connectivity index (χ1) is 11.5. The van der Waals surface area contributed by atoms with Crippen LogP contribution in [0, 0.1) is 6.92 Å². The Kier molecular flexibility index (Phi) is 4.59. The van der Waals surface area contributed by atoms with Gasteiger partial charge in [-0.25, -0.2) is 4.79 Å². The van der Waals surface area contributed by atoms with E-state index in [9.17, 15) is 9.59 Å². The van der Waals surface area contributed by atoms with Crippen LogP contribution >= 0.6 is 22.9 Å². The van der Waals surface area contributed by atoms with Gasteiger partial charge in [0.15, 0.2) is 0 Å². The Morgan fingerprint density at radius 2 is 2.08 bits per heavy atom. The Morgan fingerprint density at radius 3 is 2.79 bits per heavy atom. The van der Waals surface area contributed by atoms with Crippen LogP contribution in [0.3, 0.4) is 0 Å². The number of thiophene rings is 1. The maximum absolute atomic E-state index is 12.9. The molecule has 3 rings (SSSR count). The second-order valence-electron chi connectivity index (χ2n) is 5.50. The number of amides is 3. The molecule has 3 amide bonds. The Hall–Kier alpha value is -2.31. The molecule has 124 valence electrons. The van der Waals surface area contributed by atoms with Gasteiger partial charge in [0.1, 0.15) is 0 Å². The van der Waals surface area contributed by atoms with Crippen molar-refractivity contribution in [3.05, 3.63) is 62.4 Å². The molecule has 2 heterocycles. The molecular weight excluding hydrogens is 346 g/mol. The lowest BCUT2D eigenvalue weighted by molar-refractivity contribution is -0.113. The summed E-state index contributed by atoms with van der Waals surface area (Å²) < 4.78 is 0. The third-order valence-corrected chi connectivity index (χ3v) is 4.96. The number of urea groups is 1. The molecular formula is C17H16ClN3O2S. The van der Waals surface area contributed by atoms with Crippen LogP contribution in [0.5, 0.6) is 0 Å². The smallest absolute Gasteiger partial charge is 0.319 e. The highest BCUT2D eigenvalue weighted by molar-refractivity contribution is 7.10. The zero-order chi connectivity index (χ0) is 17.3. The number of halogens is 1. The van der Waals surface area contributed by atoms with E-state index in [-0.39, 0.29) is 11.9 Å². The minimum atomic E-state index is -0.474. The van der Waals surface area contributed by atoms with E-state index in [1.807, 2.05) is 30.5 Å². The number of hydrogen-bond acceptors (Lipinski definition) is 3. The Balaban J connectivity index is 1.95. The predicted molar refractivity (Wildman–Crippen MR) is 96.2 cm³/mol. The first-order valence-electron chi connectivity index (χ1n) is 7.35. The maximum atomic E-state index is 12.9. The molecule has 1 atom stereocenters. The summed E-state index contributed by atoms with van der Waals surface area (Å²) in [5, 5.41) is 10.8. The number of nitrogens with one attached hydrogen (secondary N) is 3. The van der Waals surface area contributed by atoms with Gasteiger partial charge in [-0.2, -0.15) is 0 Å². The van der Waals surface area contributed by atoms with Crippen LogP contribution < -0.4 is 16.0 Å². The highest BCUT2D eigenvalue weighted by Gasteiger charge is 2.31. The summed E-state index contributed by atoms with van der Waals surface area (Å²) in [6.07, 6.45) is 0. The maximum Gasteiger partial charge on any atom is 0.319 e. The lowest BCUT2D eigenvalue weighted by atomic mass is 10.0. The summed E-state index contributed by atoms with van der Waals surface area (Å²) in [5.41, 5.74) is 2.58. The van der Waals surface area contributed by atoms with Gasteiger partial charge in [-0.15, -0.1) is 11.3 Å². The fraction of sp³-hybridized carbons (Fsp3) is 0.176. The predicted octanol–water partition coefficient (Wildman–Crippen LogP) is 3.98. The average Bonchev–Trinajstić information content (AvgIpc) is 3.04.